The largest absolute Gasteiger partial charge is 0.476 e. The van der Waals surface area contributed by atoms with Crippen LogP contribution in [0.15, 0.2) is 0 Å². The molecule has 0 radical (unpaired) electrons. The van der Waals surface area contributed by atoms with E-state index in [1.54, 1.807) is 0 Å². The number of carbonyl (C=O) groups is 2. The van der Waals surface area contributed by atoms with E-state index in [0.29, 0.717) is 24.2 Å². The first-order valence-corrected chi connectivity index (χ1v) is 10.9. The number of aryl methyl sites for hydroxylation is 2. The first-order valence-electron chi connectivity index (χ1n) is 10.9. The molecule has 0 unspecified atom stereocenters. The van der Waals surface area contributed by atoms with Gasteiger partial charge in [-0.05, 0) is 25.7 Å². The van der Waals surface area contributed by atoms with Gasteiger partial charge in [0.25, 0.3) is 0 Å². The minimum absolute atomic E-state index is 0.0838. The minimum Gasteiger partial charge on any atom is -0.476 e. The van der Waals surface area contributed by atoms with Crippen LogP contribution in [0.5, 0.6) is 0 Å². The average molecular weight is 393 g/mol. The van der Waals surface area contributed by atoms with Gasteiger partial charge in [0, 0.05) is 0 Å². The predicted molar refractivity (Wildman–Crippen MR) is 110 cm³/mol. The van der Waals surface area contributed by atoms with Gasteiger partial charge >= 0.3 is 11.9 Å². The average Bonchev–Trinajstić information content (AvgIpc) is 2.67. The number of rotatable bonds is 16. The standard InChI is InChI=1S/C22H36N2O4/c1-3-5-7-9-11-13-15-17-19(21(25)26)24-18(20(23-17)22(27)28)16-14-12-10-8-6-4-2/h3-16H2,1-2H3,(H,25,26)(H,27,28). The third-order valence-electron chi connectivity index (χ3n) is 4.98. The second-order valence-corrected chi connectivity index (χ2v) is 7.46. The maximum Gasteiger partial charge on any atom is 0.356 e. The van der Waals surface area contributed by atoms with Crippen molar-refractivity contribution in [3.05, 3.63) is 22.8 Å². The molecule has 0 saturated carbocycles. The van der Waals surface area contributed by atoms with Crippen molar-refractivity contribution in [2.24, 2.45) is 0 Å². The molecule has 1 heterocycles. The molecule has 0 bridgehead atoms. The second-order valence-electron chi connectivity index (χ2n) is 7.46. The van der Waals surface area contributed by atoms with Crippen LogP contribution in [0, 0.1) is 0 Å². The van der Waals surface area contributed by atoms with E-state index in [-0.39, 0.29) is 11.4 Å². The Bertz CT molecular complexity index is 563. The first-order chi connectivity index (χ1) is 13.5. The molecule has 0 fully saturated rings. The monoisotopic (exact) mass is 392 g/mol. The summed E-state index contributed by atoms with van der Waals surface area (Å²) in [5.41, 5.74) is 0.429. The van der Waals surface area contributed by atoms with Crippen LogP contribution < -0.4 is 0 Å². The molecule has 0 aliphatic carbocycles. The minimum atomic E-state index is -1.13. The number of nitrogens with zero attached hydrogens (tertiary/aromatic N) is 2. The Hall–Kier alpha value is -1.98. The van der Waals surface area contributed by atoms with Gasteiger partial charge < -0.3 is 10.2 Å². The molecule has 0 atom stereocenters. The number of hydrogen-bond donors (Lipinski definition) is 2. The van der Waals surface area contributed by atoms with E-state index >= 15 is 0 Å². The zero-order chi connectivity index (χ0) is 20.8. The molecule has 6 nitrogen and oxygen atoms in total. The van der Waals surface area contributed by atoms with Crippen molar-refractivity contribution in [3.8, 4) is 0 Å². The summed E-state index contributed by atoms with van der Waals surface area (Å²) in [6, 6.07) is 0. The van der Waals surface area contributed by atoms with Gasteiger partial charge in [0.05, 0.1) is 11.4 Å². The summed E-state index contributed by atoms with van der Waals surface area (Å²) in [6.07, 6.45) is 13.8. The third-order valence-corrected chi connectivity index (χ3v) is 4.98. The first kappa shape index (κ1) is 24.1. The Morgan fingerprint density at radius 2 is 0.929 bits per heavy atom. The Balaban J connectivity index is 2.77. The fourth-order valence-electron chi connectivity index (χ4n) is 3.34. The smallest absolute Gasteiger partial charge is 0.356 e. The molecule has 0 aromatic carbocycles. The summed E-state index contributed by atoms with van der Waals surface area (Å²) in [5, 5.41) is 19.0. The molecule has 158 valence electrons. The molecule has 1 aromatic heterocycles. The lowest BCUT2D eigenvalue weighted by atomic mass is 10.0. The van der Waals surface area contributed by atoms with E-state index in [0.717, 1.165) is 38.5 Å². The van der Waals surface area contributed by atoms with E-state index < -0.39 is 11.9 Å². The van der Waals surface area contributed by atoms with Crippen LogP contribution in [0.2, 0.25) is 0 Å². The number of carboxylic acid groups (broad SMARTS) is 2. The highest BCUT2D eigenvalue weighted by molar-refractivity contribution is 5.90. The Labute approximate surface area is 168 Å². The summed E-state index contributed by atoms with van der Waals surface area (Å²) in [7, 11) is 0. The topological polar surface area (TPSA) is 100 Å². The fraction of sp³-hybridized carbons (Fsp3) is 0.727. The van der Waals surface area contributed by atoms with Crippen LogP contribution >= 0.6 is 0 Å². The van der Waals surface area contributed by atoms with Gasteiger partial charge in [-0.15, -0.1) is 0 Å². The molecule has 28 heavy (non-hydrogen) atoms. The van der Waals surface area contributed by atoms with Crippen LogP contribution in [0.25, 0.3) is 0 Å². The lowest BCUT2D eigenvalue weighted by Crippen LogP contribution is -2.17. The molecular formula is C22H36N2O4. The van der Waals surface area contributed by atoms with Crippen molar-refractivity contribution in [2.45, 2.75) is 104 Å². The van der Waals surface area contributed by atoms with E-state index in [9.17, 15) is 19.8 Å². The van der Waals surface area contributed by atoms with Gasteiger partial charge in [0.1, 0.15) is 0 Å². The number of aromatic nitrogens is 2. The molecule has 1 rings (SSSR count). The molecule has 0 aliphatic heterocycles. The summed E-state index contributed by atoms with van der Waals surface area (Å²) in [5.74, 6) is -2.26. The number of carboxylic acids is 2. The maximum absolute atomic E-state index is 11.6. The lowest BCUT2D eigenvalue weighted by molar-refractivity contribution is 0.0667. The van der Waals surface area contributed by atoms with Crippen molar-refractivity contribution < 1.29 is 19.8 Å². The van der Waals surface area contributed by atoms with Gasteiger partial charge in [0.15, 0.2) is 11.4 Å². The molecule has 0 aliphatic rings. The Morgan fingerprint density at radius 1 is 0.607 bits per heavy atom. The zero-order valence-electron chi connectivity index (χ0n) is 17.5. The normalized spacial score (nSPS) is 10.9. The van der Waals surface area contributed by atoms with Gasteiger partial charge in [0.2, 0.25) is 0 Å². The van der Waals surface area contributed by atoms with Crippen molar-refractivity contribution >= 4 is 11.9 Å². The Morgan fingerprint density at radius 3 is 1.25 bits per heavy atom. The third kappa shape index (κ3) is 8.81. The van der Waals surface area contributed by atoms with Crippen LogP contribution in [0.4, 0.5) is 0 Å². The van der Waals surface area contributed by atoms with Gasteiger partial charge in [-0.25, -0.2) is 19.6 Å². The quantitative estimate of drug-likeness (QED) is 0.351. The van der Waals surface area contributed by atoms with Crippen molar-refractivity contribution in [3.63, 3.8) is 0 Å². The molecule has 0 amide bonds. The summed E-state index contributed by atoms with van der Waals surface area (Å²) >= 11 is 0. The number of hydrogen-bond acceptors (Lipinski definition) is 4. The number of aromatic carboxylic acids is 2. The summed E-state index contributed by atoms with van der Waals surface area (Å²) in [6.45, 7) is 4.32. The fourth-order valence-corrected chi connectivity index (χ4v) is 3.34. The molecule has 0 spiro atoms. The van der Waals surface area contributed by atoms with Crippen LogP contribution in [-0.2, 0) is 12.8 Å². The second kappa shape index (κ2) is 14.1. The highest BCUT2D eigenvalue weighted by Gasteiger charge is 2.21. The summed E-state index contributed by atoms with van der Waals surface area (Å²) < 4.78 is 0. The molecule has 2 N–H and O–H groups in total. The lowest BCUT2D eigenvalue weighted by Gasteiger charge is -2.11. The van der Waals surface area contributed by atoms with Gasteiger partial charge in [-0.2, -0.15) is 0 Å². The van der Waals surface area contributed by atoms with E-state index in [1.807, 2.05) is 0 Å². The van der Waals surface area contributed by atoms with Crippen molar-refractivity contribution in [1.29, 1.82) is 0 Å². The van der Waals surface area contributed by atoms with Crippen molar-refractivity contribution in [2.75, 3.05) is 0 Å². The number of unbranched alkanes of at least 4 members (excludes halogenated alkanes) is 10. The molecular weight excluding hydrogens is 356 g/mol. The van der Waals surface area contributed by atoms with Crippen LogP contribution in [0.1, 0.15) is 123 Å². The van der Waals surface area contributed by atoms with Gasteiger partial charge in [-0.3, -0.25) is 0 Å². The summed E-state index contributed by atoms with van der Waals surface area (Å²) in [4.78, 5) is 31.7. The van der Waals surface area contributed by atoms with Gasteiger partial charge in [-0.1, -0.05) is 78.1 Å². The van der Waals surface area contributed by atoms with Crippen molar-refractivity contribution in [1.82, 2.24) is 9.97 Å². The SMILES string of the molecule is CCCCCCCCc1nc(C(=O)O)c(CCCCCCCC)nc1C(=O)O. The highest BCUT2D eigenvalue weighted by atomic mass is 16.4. The van der Waals surface area contributed by atoms with E-state index in [4.69, 9.17) is 0 Å². The predicted octanol–water partition coefficient (Wildman–Crippen LogP) is 5.68. The maximum atomic E-state index is 11.6. The molecule has 0 saturated heterocycles. The highest BCUT2D eigenvalue weighted by Crippen LogP contribution is 2.17. The van der Waals surface area contributed by atoms with Crippen LogP contribution in [0.3, 0.4) is 0 Å². The molecule has 6 heteroatoms. The van der Waals surface area contributed by atoms with E-state index in [2.05, 4.69) is 23.8 Å². The van der Waals surface area contributed by atoms with Crippen LogP contribution in [-0.4, -0.2) is 32.1 Å². The molecule has 1 aromatic rings. The Kier molecular flexibility index (Phi) is 12.1. The zero-order valence-corrected chi connectivity index (χ0v) is 17.5. The van der Waals surface area contributed by atoms with E-state index in [1.165, 1.54) is 38.5 Å².